The first-order chi connectivity index (χ1) is 14.1. The van der Waals surface area contributed by atoms with Crippen LogP contribution in [0.3, 0.4) is 0 Å². The van der Waals surface area contributed by atoms with E-state index in [9.17, 15) is 4.79 Å². The Balaban J connectivity index is 1.60. The lowest BCUT2D eigenvalue weighted by Crippen LogP contribution is -2.01. The molecule has 0 radical (unpaired) electrons. The van der Waals surface area contributed by atoms with Crippen molar-refractivity contribution in [1.82, 2.24) is 10.1 Å². The van der Waals surface area contributed by atoms with Crippen molar-refractivity contribution in [2.75, 3.05) is 21.3 Å². The smallest absolute Gasteiger partial charge is 0.331 e. The van der Waals surface area contributed by atoms with Crippen molar-refractivity contribution >= 4 is 12.0 Å². The topological polar surface area (TPSA) is 92.9 Å². The molecule has 1 heterocycles. The second-order valence-corrected chi connectivity index (χ2v) is 5.79. The summed E-state index contributed by atoms with van der Waals surface area (Å²) in [5, 5.41) is 3.89. The van der Waals surface area contributed by atoms with Crippen molar-refractivity contribution in [2.24, 2.45) is 0 Å². The molecule has 8 heteroatoms. The minimum atomic E-state index is -0.552. The number of esters is 1. The molecule has 150 valence electrons. The number of carbonyl (C=O) groups is 1. The van der Waals surface area contributed by atoms with Crippen molar-refractivity contribution in [3.05, 3.63) is 60.0 Å². The maximum absolute atomic E-state index is 12.0. The van der Waals surface area contributed by atoms with E-state index in [4.69, 9.17) is 23.5 Å². The summed E-state index contributed by atoms with van der Waals surface area (Å²) in [6.07, 6.45) is 2.89. The molecule has 1 aromatic heterocycles. The number of rotatable bonds is 8. The summed E-state index contributed by atoms with van der Waals surface area (Å²) in [7, 11) is 4.69. The van der Waals surface area contributed by atoms with E-state index in [1.54, 1.807) is 51.7 Å². The summed E-state index contributed by atoms with van der Waals surface area (Å²) in [5.74, 6) is 1.93. The van der Waals surface area contributed by atoms with Crippen LogP contribution in [0.2, 0.25) is 0 Å². The minimum absolute atomic E-state index is 0.139. The molecule has 0 amide bonds. The van der Waals surface area contributed by atoms with Crippen LogP contribution < -0.4 is 14.2 Å². The minimum Gasteiger partial charge on any atom is -0.497 e. The molecule has 0 fully saturated rings. The standard InChI is InChI=1S/C21H20N2O6/c1-25-16-6-4-5-15(11-16)21-22-19(29-23-21)13-28-20(24)10-8-14-7-9-17(26-2)12-18(14)27-3/h4-12H,13H2,1-3H3/b10-8+. The Kier molecular flexibility index (Phi) is 6.47. The van der Waals surface area contributed by atoms with Crippen LogP contribution in [0.5, 0.6) is 17.2 Å². The Morgan fingerprint density at radius 2 is 1.83 bits per heavy atom. The van der Waals surface area contributed by atoms with E-state index in [1.807, 2.05) is 18.2 Å². The van der Waals surface area contributed by atoms with Gasteiger partial charge >= 0.3 is 5.97 Å². The van der Waals surface area contributed by atoms with Gasteiger partial charge in [0, 0.05) is 23.3 Å². The van der Waals surface area contributed by atoms with Gasteiger partial charge < -0.3 is 23.5 Å². The van der Waals surface area contributed by atoms with Crippen molar-refractivity contribution in [2.45, 2.75) is 6.61 Å². The zero-order valence-corrected chi connectivity index (χ0v) is 16.2. The van der Waals surface area contributed by atoms with E-state index < -0.39 is 5.97 Å². The summed E-state index contributed by atoms with van der Waals surface area (Å²) in [5.41, 5.74) is 1.44. The number of hydrogen-bond acceptors (Lipinski definition) is 8. The quantitative estimate of drug-likeness (QED) is 0.422. The van der Waals surface area contributed by atoms with Gasteiger partial charge in [0.15, 0.2) is 6.61 Å². The third kappa shape index (κ3) is 5.13. The van der Waals surface area contributed by atoms with Gasteiger partial charge in [-0.15, -0.1) is 0 Å². The van der Waals surface area contributed by atoms with Crippen molar-refractivity contribution < 1.29 is 28.3 Å². The molecule has 0 spiro atoms. The average Bonchev–Trinajstić information content (AvgIpc) is 3.25. The molecular weight excluding hydrogens is 376 g/mol. The number of benzene rings is 2. The monoisotopic (exact) mass is 396 g/mol. The van der Waals surface area contributed by atoms with Crippen LogP contribution in [-0.4, -0.2) is 37.4 Å². The third-order valence-electron chi connectivity index (χ3n) is 3.97. The van der Waals surface area contributed by atoms with E-state index >= 15 is 0 Å². The summed E-state index contributed by atoms with van der Waals surface area (Å²) in [4.78, 5) is 16.2. The molecule has 0 saturated heterocycles. The van der Waals surface area contributed by atoms with E-state index in [0.717, 1.165) is 5.56 Å². The molecule has 0 aliphatic rings. The Bertz CT molecular complexity index is 1010. The van der Waals surface area contributed by atoms with Gasteiger partial charge in [0.25, 0.3) is 5.89 Å². The van der Waals surface area contributed by atoms with Gasteiger partial charge in [-0.2, -0.15) is 4.98 Å². The first-order valence-electron chi connectivity index (χ1n) is 8.67. The van der Waals surface area contributed by atoms with E-state index in [0.29, 0.717) is 28.6 Å². The predicted octanol–water partition coefficient (Wildman–Crippen LogP) is 3.52. The van der Waals surface area contributed by atoms with E-state index in [-0.39, 0.29) is 12.5 Å². The molecule has 0 N–H and O–H groups in total. The van der Waals surface area contributed by atoms with Crippen LogP contribution in [0.4, 0.5) is 0 Å². The fourth-order valence-corrected chi connectivity index (χ4v) is 2.49. The van der Waals surface area contributed by atoms with Gasteiger partial charge in [0.05, 0.1) is 21.3 Å². The van der Waals surface area contributed by atoms with E-state index in [2.05, 4.69) is 10.1 Å². The number of carbonyl (C=O) groups excluding carboxylic acids is 1. The SMILES string of the molecule is COc1cccc(-c2noc(COC(=O)/C=C/c3ccc(OC)cc3OC)n2)c1. The molecule has 3 aromatic rings. The number of methoxy groups -OCH3 is 3. The molecule has 0 aliphatic heterocycles. The first-order valence-corrected chi connectivity index (χ1v) is 8.67. The fraction of sp³-hybridized carbons (Fsp3) is 0.190. The van der Waals surface area contributed by atoms with Gasteiger partial charge in [0.2, 0.25) is 5.82 Å². The highest BCUT2D eigenvalue weighted by Gasteiger charge is 2.11. The van der Waals surface area contributed by atoms with Crippen LogP contribution in [0.1, 0.15) is 11.5 Å². The van der Waals surface area contributed by atoms with Crippen LogP contribution in [0.15, 0.2) is 53.1 Å². The van der Waals surface area contributed by atoms with Crippen LogP contribution in [0.25, 0.3) is 17.5 Å². The van der Waals surface area contributed by atoms with Gasteiger partial charge in [-0.1, -0.05) is 17.3 Å². The summed E-state index contributed by atoms with van der Waals surface area (Å²) in [6.45, 7) is -0.139. The van der Waals surface area contributed by atoms with Gasteiger partial charge in [-0.05, 0) is 30.3 Å². The summed E-state index contributed by atoms with van der Waals surface area (Å²) in [6, 6.07) is 12.5. The maximum Gasteiger partial charge on any atom is 0.331 e. The molecule has 0 aliphatic carbocycles. The molecule has 0 atom stereocenters. The molecule has 0 bridgehead atoms. The number of aromatic nitrogens is 2. The van der Waals surface area contributed by atoms with Crippen LogP contribution in [-0.2, 0) is 16.1 Å². The largest absolute Gasteiger partial charge is 0.497 e. The zero-order chi connectivity index (χ0) is 20.6. The molecular formula is C21H20N2O6. The number of hydrogen-bond donors (Lipinski definition) is 0. The zero-order valence-electron chi connectivity index (χ0n) is 16.2. The Labute approximate surface area is 167 Å². The van der Waals surface area contributed by atoms with Crippen molar-refractivity contribution in [3.63, 3.8) is 0 Å². The van der Waals surface area contributed by atoms with Gasteiger partial charge in [-0.3, -0.25) is 0 Å². The average molecular weight is 396 g/mol. The summed E-state index contributed by atoms with van der Waals surface area (Å²) < 4.78 is 25.9. The van der Waals surface area contributed by atoms with Gasteiger partial charge in [0.1, 0.15) is 17.2 Å². The Morgan fingerprint density at radius 3 is 2.59 bits per heavy atom. The molecule has 0 saturated carbocycles. The highest BCUT2D eigenvalue weighted by Crippen LogP contribution is 2.25. The Hall–Kier alpha value is -3.81. The maximum atomic E-state index is 12.0. The second kappa shape index (κ2) is 9.41. The lowest BCUT2D eigenvalue weighted by atomic mass is 10.2. The predicted molar refractivity (Wildman–Crippen MR) is 105 cm³/mol. The van der Waals surface area contributed by atoms with Crippen molar-refractivity contribution in [3.8, 4) is 28.6 Å². The molecule has 2 aromatic carbocycles. The van der Waals surface area contributed by atoms with Gasteiger partial charge in [-0.25, -0.2) is 4.79 Å². The number of nitrogens with zero attached hydrogens (tertiary/aromatic N) is 2. The highest BCUT2D eigenvalue weighted by molar-refractivity contribution is 5.87. The normalized spacial score (nSPS) is 10.7. The number of ether oxygens (including phenoxy) is 4. The summed E-state index contributed by atoms with van der Waals surface area (Å²) >= 11 is 0. The lowest BCUT2D eigenvalue weighted by molar-refractivity contribution is -0.139. The second-order valence-electron chi connectivity index (χ2n) is 5.79. The molecule has 3 rings (SSSR count). The lowest BCUT2D eigenvalue weighted by Gasteiger charge is -2.07. The third-order valence-corrected chi connectivity index (χ3v) is 3.97. The van der Waals surface area contributed by atoms with Crippen LogP contribution >= 0.6 is 0 Å². The Morgan fingerprint density at radius 1 is 1.03 bits per heavy atom. The van der Waals surface area contributed by atoms with E-state index in [1.165, 1.54) is 6.08 Å². The first kappa shape index (κ1) is 19.9. The molecule has 8 nitrogen and oxygen atoms in total. The fourth-order valence-electron chi connectivity index (χ4n) is 2.49. The van der Waals surface area contributed by atoms with Crippen molar-refractivity contribution in [1.29, 1.82) is 0 Å². The van der Waals surface area contributed by atoms with Crippen LogP contribution in [0, 0.1) is 0 Å². The molecule has 29 heavy (non-hydrogen) atoms. The highest BCUT2D eigenvalue weighted by atomic mass is 16.6. The molecule has 0 unspecified atom stereocenters.